The monoisotopic (exact) mass is 176 g/mol. The summed E-state index contributed by atoms with van der Waals surface area (Å²) in [5, 5.41) is 8.39. The fraction of sp³-hybridized carbons (Fsp3) is 0.222. The van der Waals surface area contributed by atoms with E-state index in [1.165, 1.54) is 6.20 Å². The molecule has 13 heavy (non-hydrogen) atoms. The number of nitrogens with zero attached hydrogens (tertiary/aromatic N) is 3. The minimum absolute atomic E-state index is 0.384. The molecule has 0 amide bonds. The Hall–Kier alpha value is -1.71. The van der Waals surface area contributed by atoms with Crippen molar-refractivity contribution in [1.29, 1.82) is 0 Å². The van der Waals surface area contributed by atoms with E-state index in [2.05, 4.69) is 15.2 Å². The summed E-state index contributed by atoms with van der Waals surface area (Å²) < 4.78 is 7.88. The third-order valence-electron chi connectivity index (χ3n) is 1.94. The molecule has 0 unspecified atom stereocenters. The van der Waals surface area contributed by atoms with Crippen molar-refractivity contribution >= 4 is 16.7 Å². The first-order chi connectivity index (χ1) is 6.61. The predicted octanol–water partition coefficient (Wildman–Crippen LogP) is 1.22. The van der Waals surface area contributed by atoms with Crippen LogP contribution in [0.4, 0.5) is 5.82 Å². The van der Waals surface area contributed by atoms with Gasteiger partial charge in [-0.3, -0.25) is 0 Å². The van der Waals surface area contributed by atoms with Crippen molar-refractivity contribution in [3.63, 3.8) is 0 Å². The average molecular weight is 176 g/mol. The van der Waals surface area contributed by atoms with E-state index in [-0.39, 0.29) is 0 Å². The second kappa shape index (κ2) is 2.65. The first-order valence-electron chi connectivity index (χ1n) is 4.46. The maximum absolute atomic E-state index is 7.88. The van der Waals surface area contributed by atoms with Crippen molar-refractivity contribution < 1.29 is 1.37 Å². The smallest absolute Gasteiger partial charge is 0.127 e. The van der Waals surface area contributed by atoms with Crippen molar-refractivity contribution in [3.05, 3.63) is 23.5 Å². The standard InChI is InChI=1S/C9H10N4/c1-5-3-7-6(2)13-11-4-8(7)12-9(5)10/h3-4H,1-2H3,(H2,10,12)/i3T. The van der Waals surface area contributed by atoms with Gasteiger partial charge in [0, 0.05) is 5.39 Å². The highest BCUT2D eigenvalue weighted by Gasteiger charge is 2.02. The number of rotatable bonds is 0. The molecule has 2 rings (SSSR count). The van der Waals surface area contributed by atoms with Crippen LogP contribution in [-0.4, -0.2) is 15.2 Å². The van der Waals surface area contributed by atoms with Gasteiger partial charge in [0.25, 0.3) is 0 Å². The van der Waals surface area contributed by atoms with Gasteiger partial charge in [-0.1, -0.05) is 0 Å². The summed E-state index contributed by atoms with van der Waals surface area (Å²) in [7, 11) is 0. The average Bonchev–Trinajstić information content (AvgIpc) is 2.14. The quantitative estimate of drug-likeness (QED) is 0.655. The van der Waals surface area contributed by atoms with E-state index in [1.54, 1.807) is 6.92 Å². The zero-order chi connectivity index (χ0) is 10.3. The second-order valence-corrected chi connectivity index (χ2v) is 2.94. The van der Waals surface area contributed by atoms with Crippen LogP contribution in [-0.2, 0) is 0 Å². The van der Waals surface area contributed by atoms with Crippen LogP contribution in [0.3, 0.4) is 0 Å². The number of anilines is 1. The molecule has 4 heteroatoms. The predicted molar refractivity (Wildman–Crippen MR) is 51.2 cm³/mol. The highest BCUT2D eigenvalue weighted by Crippen LogP contribution is 2.17. The van der Waals surface area contributed by atoms with Crippen LogP contribution >= 0.6 is 0 Å². The van der Waals surface area contributed by atoms with Crippen LogP contribution in [0.1, 0.15) is 12.6 Å². The molecule has 0 aliphatic carbocycles. The number of pyridine rings is 1. The molecule has 0 bridgehead atoms. The third-order valence-corrected chi connectivity index (χ3v) is 1.94. The van der Waals surface area contributed by atoms with Crippen molar-refractivity contribution in [2.45, 2.75) is 13.8 Å². The number of fused-ring (bicyclic) bond motifs is 1. The molecule has 0 aliphatic rings. The molecule has 0 aliphatic heterocycles. The summed E-state index contributed by atoms with van der Waals surface area (Å²) in [6.45, 7) is 3.59. The van der Waals surface area contributed by atoms with E-state index in [9.17, 15) is 0 Å². The molecule has 0 saturated carbocycles. The number of nitrogen functional groups attached to an aromatic ring is 1. The fourth-order valence-corrected chi connectivity index (χ4v) is 1.17. The number of nitrogens with two attached hydrogens (primary N) is 1. The van der Waals surface area contributed by atoms with Gasteiger partial charge >= 0.3 is 0 Å². The Morgan fingerprint density at radius 1 is 1.46 bits per heavy atom. The van der Waals surface area contributed by atoms with Crippen molar-refractivity contribution in [2.24, 2.45) is 0 Å². The van der Waals surface area contributed by atoms with Gasteiger partial charge in [0.05, 0.1) is 18.8 Å². The molecule has 66 valence electrons. The fourth-order valence-electron chi connectivity index (χ4n) is 1.17. The lowest BCUT2D eigenvalue weighted by atomic mass is 10.2. The molecule has 2 aromatic heterocycles. The molecule has 0 atom stereocenters. The number of hydrogen-bond acceptors (Lipinski definition) is 4. The minimum atomic E-state index is 0.384. The molecule has 0 spiro atoms. The lowest BCUT2D eigenvalue weighted by Crippen LogP contribution is -1.97. The third kappa shape index (κ3) is 1.20. The van der Waals surface area contributed by atoms with Crippen LogP contribution in [0.5, 0.6) is 0 Å². The molecule has 0 fully saturated rings. The van der Waals surface area contributed by atoms with Gasteiger partial charge in [-0.2, -0.15) is 10.2 Å². The summed E-state index contributed by atoms with van der Waals surface area (Å²) >= 11 is 0. The maximum atomic E-state index is 7.88. The van der Waals surface area contributed by atoms with Gasteiger partial charge in [0.2, 0.25) is 0 Å². The van der Waals surface area contributed by atoms with Crippen LogP contribution in [0.15, 0.2) is 12.2 Å². The Morgan fingerprint density at radius 3 is 3.00 bits per heavy atom. The minimum Gasteiger partial charge on any atom is -0.383 e. The first-order valence-corrected chi connectivity index (χ1v) is 3.96. The maximum Gasteiger partial charge on any atom is 0.127 e. The molecule has 0 saturated heterocycles. The van der Waals surface area contributed by atoms with Gasteiger partial charge in [-0.05, 0) is 25.5 Å². The second-order valence-electron chi connectivity index (χ2n) is 2.94. The zero-order valence-corrected chi connectivity index (χ0v) is 7.50. The molecule has 2 N–H and O–H groups in total. The van der Waals surface area contributed by atoms with Crippen molar-refractivity contribution in [3.8, 4) is 0 Å². The van der Waals surface area contributed by atoms with E-state index in [1.807, 2.05) is 6.92 Å². The normalized spacial score (nSPS) is 11.7. The molecule has 2 aromatic rings. The van der Waals surface area contributed by atoms with Gasteiger partial charge < -0.3 is 5.73 Å². The highest BCUT2D eigenvalue weighted by atomic mass is 15.1. The van der Waals surface area contributed by atoms with Crippen LogP contribution in [0.25, 0.3) is 10.9 Å². The van der Waals surface area contributed by atoms with Crippen LogP contribution in [0.2, 0.25) is 0 Å². The Bertz CT molecular complexity index is 510. The Labute approximate surface area is 77.2 Å². The highest BCUT2D eigenvalue weighted by molar-refractivity contribution is 5.82. The number of hydrogen-bond donors (Lipinski definition) is 1. The van der Waals surface area contributed by atoms with Crippen LogP contribution in [0, 0.1) is 13.8 Å². The Kier molecular flexibility index (Phi) is 1.38. The van der Waals surface area contributed by atoms with Gasteiger partial charge in [-0.15, -0.1) is 0 Å². The number of aromatic nitrogens is 3. The SMILES string of the molecule is [3H]c1c(C)c(N)nc2cnnc(C)c12. The van der Waals surface area contributed by atoms with Crippen molar-refractivity contribution in [1.82, 2.24) is 15.2 Å². The Balaban J connectivity index is 2.99. The van der Waals surface area contributed by atoms with Gasteiger partial charge in [0.15, 0.2) is 0 Å². The molecular formula is C9H10N4. The number of aryl methyl sites for hydroxylation is 1. The molecule has 4 nitrogen and oxygen atoms in total. The van der Waals surface area contributed by atoms with E-state index < -0.39 is 0 Å². The first kappa shape index (κ1) is 6.77. The van der Waals surface area contributed by atoms with E-state index in [0.717, 1.165) is 5.39 Å². The molecular weight excluding hydrogens is 164 g/mol. The van der Waals surface area contributed by atoms with E-state index in [0.29, 0.717) is 28.6 Å². The summed E-state index contributed by atoms with van der Waals surface area (Å²) in [6.07, 6.45) is 1.52. The van der Waals surface area contributed by atoms with Gasteiger partial charge in [-0.25, -0.2) is 4.98 Å². The summed E-state index contributed by atoms with van der Waals surface area (Å²) in [5.74, 6) is 0.384. The lowest BCUT2D eigenvalue weighted by molar-refractivity contribution is 0.996. The van der Waals surface area contributed by atoms with Crippen molar-refractivity contribution in [2.75, 3.05) is 5.73 Å². The van der Waals surface area contributed by atoms with Gasteiger partial charge in [0.1, 0.15) is 5.82 Å². The van der Waals surface area contributed by atoms with E-state index >= 15 is 0 Å². The topological polar surface area (TPSA) is 64.7 Å². The lowest BCUT2D eigenvalue weighted by Gasteiger charge is -2.03. The molecule has 0 aromatic carbocycles. The summed E-state index contributed by atoms with van der Waals surface area (Å²) in [5.41, 5.74) is 7.69. The summed E-state index contributed by atoms with van der Waals surface area (Å²) in [4.78, 5) is 4.15. The Morgan fingerprint density at radius 2 is 2.23 bits per heavy atom. The molecule has 0 radical (unpaired) electrons. The van der Waals surface area contributed by atoms with E-state index in [4.69, 9.17) is 7.10 Å². The molecule has 2 heterocycles. The largest absolute Gasteiger partial charge is 0.383 e. The zero-order valence-electron chi connectivity index (χ0n) is 8.50. The summed E-state index contributed by atoms with van der Waals surface area (Å²) in [6, 6.07) is 0.389. The van der Waals surface area contributed by atoms with Crippen LogP contribution < -0.4 is 5.73 Å².